The van der Waals surface area contributed by atoms with Crippen molar-refractivity contribution >= 4 is 34.8 Å². The van der Waals surface area contributed by atoms with Crippen LogP contribution in [0.15, 0.2) is 18.2 Å². The molecule has 0 heterocycles. The molecular weight excluding hydrogens is 279 g/mol. The number of carbonyl (C=O) groups excluding carboxylic acids is 1. The summed E-state index contributed by atoms with van der Waals surface area (Å²) in [7, 11) is 1.58. The van der Waals surface area contributed by atoms with Crippen molar-refractivity contribution in [3.63, 3.8) is 0 Å². The molecule has 18 heavy (non-hydrogen) atoms. The van der Waals surface area contributed by atoms with E-state index in [4.69, 9.17) is 23.2 Å². The number of nitro benzene ring substituents is 1. The average Bonchev–Trinajstić information content (AvgIpc) is 2.26. The van der Waals surface area contributed by atoms with Gasteiger partial charge in [0, 0.05) is 41.7 Å². The third kappa shape index (κ3) is 3.85. The predicted octanol–water partition coefficient (Wildman–Crippen LogP) is 2.95. The monoisotopic (exact) mass is 290 g/mol. The highest BCUT2D eigenvalue weighted by Crippen LogP contribution is 2.21. The second-order valence-electron chi connectivity index (χ2n) is 3.92. The number of halogens is 2. The van der Waals surface area contributed by atoms with E-state index in [1.54, 1.807) is 14.0 Å². The van der Waals surface area contributed by atoms with E-state index in [9.17, 15) is 14.9 Å². The Bertz CT molecular complexity index is 477. The number of carbonyl (C=O) groups is 1. The molecule has 5 nitrogen and oxygen atoms in total. The molecule has 0 saturated heterocycles. The number of amides is 1. The molecule has 0 aliphatic rings. The quantitative estimate of drug-likeness (QED) is 0.486. The lowest BCUT2D eigenvalue weighted by Gasteiger charge is -2.18. The molecule has 1 aromatic rings. The number of hydrogen-bond acceptors (Lipinski definition) is 3. The van der Waals surface area contributed by atoms with E-state index in [1.165, 1.54) is 23.1 Å². The molecule has 7 heteroatoms. The lowest BCUT2D eigenvalue weighted by molar-refractivity contribution is -0.384. The van der Waals surface area contributed by atoms with Crippen molar-refractivity contribution in [2.75, 3.05) is 13.6 Å². The van der Waals surface area contributed by atoms with E-state index in [1.807, 2.05) is 0 Å². The van der Waals surface area contributed by atoms with Gasteiger partial charge in [-0.15, -0.1) is 11.6 Å². The number of rotatable bonds is 4. The van der Waals surface area contributed by atoms with E-state index in [2.05, 4.69) is 0 Å². The molecule has 0 radical (unpaired) electrons. The molecule has 0 fully saturated rings. The normalized spacial score (nSPS) is 12.0. The van der Waals surface area contributed by atoms with Crippen molar-refractivity contribution in [3.05, 3.63) is 38.9 Å². The Morgan fingerprint density at radius 1 is 1.50 bits per heavy atom. The van der Waals surface area contributed by atoms with Gasteiger partial charge in [0.05, 0.1) is 4.92 Å². The largest absolute Gasteiger partial charge is 0.340 e. The topological polar surface area (TPSA) is 63.5 Å². The molecule has 0 N–H and O–H groups in total. The third-order valence-corrected chi connectivity index (χ3v) is 2.57. The van der Waals surface area contributed by atoms with Crippen molar-refractivity contribution in [2.45, 2.75) is 12.3 Å². The number of hydrogen-bond donors (Lipinski definition) is 0. The predicted molar refractivity (Wildman–Crippen MR) is 70.4 cm³/mol. The van der Waals surface area contributed by atoms with Crippen LogP contribution in [-0.2, 0) is 0 Å². The molecule has 1 unspecified atom stereocenters. The number of benzene rings is 1. The summed E-state index contributed by atoms with van der Waals surface area (Å²) in [6.45, 7) is 2.10. The third-order valence-electron chi connectivity index (χ3n) is 2.21. The van der Waals surface area contributed by atoms with Gasteiger partial charge in [-0.2, -0.15) is 0 Å². The second kappa shape index (κ2) is 6.02. The molecule has 1 rings (SSSR count). The lowest BCUT2D eigenvalue weighted by Crippen LogP contribution is -2.31. The van der Waals surface area contributed by atoms with Crippen LogP contribution >= 0.6 is 23.2 Å². The van der Waals surface area contributed by atoms with Crippen LogP contribution in [0.5, 0.6) is 0 Å². The van der Waals surface area contributed by atoms with E-state index in [0.717, 1.165) is 0 Å². The first kappa shape index (κ1) is 14.7. The fourth-order valence-corrected chi connectivity index (χ4v) is 1.92. The van der Waals surface area contributed by atoms with Crippen molar-refractivity contribution in [1.82, 2.24) is 4.90 Å². The minimum Gasteiger partial charge on any atom is -0.340 e. The van der Waals surface area contributed by atoms with Gasteiger partial charge in [-0.1, -0.05) is 11.6 Å². The van der Waals surface area contributed by atoms with Gasteiger partial charge in [-0.25, -0.2) is 0 Å². The molecule has 98 valence electrons. The van der Waals surface area contributed by atoms with E-state index in [0.29, 0.717) is 6.54 Å². The van der Waals surface area contributed by atoms with Crippen molar-refractivity contribution < 1.29 is 9.72 Å². The number of nitrogens with zero attached hydrogens (tertiary/aromatic N) is 2. The van der Waals surface area contributed by atoms with Crippen LogP contribution in [0.2, 0.25) is 5.02 Å². The van der Waals surface area contributed by atoms with Gasteiger partial charge in [-0.05, 0) is 13.0 Å². The van der Waals surface area contributed by atoms with Crippen LogP contribution in [-0.4, -0.2) is 34.7 Å². The van der Waals surface area contributed by atoms with Crippen molar-refractivity contribution in [3.8, 4) is 0 Å². The first-order chi connectivity index (χ1) is 8.31. The van der Waals surface area contributed by atoms with Gasteiger partial charge in [-0.3, -0.25) is 14.9 Å². The van der Waals surface area contributed by atoms with Gasteiger partial charge in [0.25, 0.3) is 11.6 Å². The van der Waals surface area contributed by atoms with Gasteiger partial charge in [0.2, 0.25) is 0 Å². The Kier molecular flexibility index (Phi) is 4.93. The zero-order chi connectivity index (χ0) is 13.9. The average molecular weight is 291 g/mol. The Hall–Kier alpha value is -1.33. The maximum atomic E-state index is 12.0. The zero-order valence-corrected chi connectivity index (χ0v) is 11.4. The molecule has 0 aliphatic carbocycles. The highest BCUT2D eigenvalue weighted by atomic mass is 35.5. The second-order valence-corrected chi connectivity index (χ2v) is 5.10. The standard InChI is InChI=1S/C11H12Cl2N2O3/c1-7(12)6-14(2)11(16)8-3-9(13)5-10(4-8)15(17)18/h3-5,7H,6H2,1-2H3. The number of non-ortho nitro benzene ring substituents is 1. The summed E-state index contributed by atoms with van der Waals surface area (Å²) < 4.78 is 0. The zero-order valence-electron chi connectivity index (χ0n) is 9.89. The van der Waals surface area contributed by atoms with E-state index >= 15 is 0 Å². The first-order valence-electron chi connectivity index (χ1n) is 5.15. The fraction of sp³-hybridized carbons (Fsp3) is 0.364. The maximum Gasteiger partial charge on any atom is 0.271 e. The minimum absolute atomic E-state index is 0.153. The highest BCUT2D eigenvalue weighted by Gasteiger charge is 2.17. The smallest absolute Gasteiger partial charge is 0.271 e. The summed E-state index contributed by atoms with van der Waals surface area (Å²) in [6.07, 6.45) is 0. The van der Waals surface area contributed by atoms with Crippen LogP contribution < -0.4 is 0 Å². The molecule has 0 aromatic heterocycles. The highest BCUT2D eigenvalue weighted by molar-refractivity contribution is 6.31. The van der Waals surface area contributed by atoms with Gasteiger partial charge in [0.15, 0.2) is 0 Å². The van der Waals surface area contributed by atoms with Gasteiger partial charge >= 0.3 is 0 Å². The van der Waals surface area contributed by atoms with E-state index in [-0.39, 0.29) is 27.6 Å². The lowest BCUT2D eigenvalue weighted by atomic mass is 10.1. The summed E-state index contributed by atoms with van der Waals surface area (Å²) >= 11 is 11.5. The molecule has 0 bridgehead atoms. The summed E-state index contributed by atoms with van der Waals surface area (Å²) in [5.41, 5.74) is -0.0350. The van der Waals surface area contributed by atoms with Crippen LogP contribution in [0.3, 0.4) is 0 Å². The van der Waals surface area contributed by atoms with Crippen LogP contribution in [0.25, 0.3) is 0 Å². The maximum absolute atomic E-state index is 12.0. The molecule has 1 aromatic carbocycles. The Morgan fingerprint density at radius 3 is 2.61 bits per heavy atom. The summed E-state index contributed by atoms with van der Waals surface area (Å²) in [6, 6.07) is 3.79. The Labute approximate surface area is 114 Å². The minimum atomic E-state index is -0.590. The summed E-state index contributed by atoms with van der Waals surface area (Å²) in [5, 5.41) is 10.6. The van der Waals surface area contributed by atoms with Gasteiger partial charge in [0.1, 0.15) is 0 Å². The molecule has 0 saturated carbocycles. The van der Waals surface area contributed by atoms with Crippen LogP contribution in [0.4, 0.5) is 5.69 Å². The van der Waals surface area contributed by atoms with Crippen LogP contribution in [0.1, 0.15) is 17.3 Å². The number of alkyl halides is 1. The molecular formula is C11H12Cl2N2O3. The molecule has 1 atom stereocenters. The first-order valence-corrected chi connectivity index (χ1v) is 5.97. The summed E-state index contributed by atoms with van der Waals surface area (Å²) in [5.74, 6) is -0.354. The molecule has 0 spiro atoms. The molecule has 1 amide bonds. The number of nitro groups is 1. The van der Waals surface area contributed by atoms with Gasteiger partial charge < -0.3 is 4.90 Å². The SMILES string of the molecule is CC(Cl)CN(C)C(=O)c1cc(Cl)cc([N+](=O)[O-])c1. The Balaban J connectivity index is 3.02. The fourth-order valence-electron chi connectivity index (χ4n) is 1.48. The van der Waals surface area contributed by atoms with Crippen molar-refractivity contribution in [1.29, 1.82) is 0 Å². The molecule has 0 aliphatic heterocycles. The van der Waals surface area contributed by atoms with Crippen LogP contribution in [0, 0.1) is 10.1 Å². The Morgan fingerprint density at radius 2 is 2.11 bits per heavy atom. The van der Waals surface area contributed by atoms with Crippen molar-refractivity contribution in [2.24, 2.45) is 0 Å². The summed E-state index contributed by atoms with van der Waals surface area (Å²) in [4.78, 5) is 23.5. The van der Waals surface area contributed by atoms with E-state index < -0.39 is 4.92 Å².